The molecule has 0 aliphatic rings. The van der Waals surface area contributed by atoms with Gasteiger partial charge >= 0.3 is 0 Å². The van der Waals surface area contributed by atoms with Crippen LogP contribution in [0.3, 0.4) is 0 Å². The minimum absolute atomic E-state index is 0.0389. The molecule has 0 spiro atoms. The van der Waals surface area contributed by atoms with E-state index in [1.807, 2.05) is 0 Å². The lowest BCUT2D eigenvalue weighted by Crippen LogP contribution is -2.35. The quantitative estimate of drug-likeness (QED) is 0.694. The molecule has 0 radical (unpaired) electrons. The zero-order valence-corrected chi connectivity index (χ0v) is 13.4. The van der Waals surface area contributed by atoms with Crippen molar-refractivity contribution in [3.63, 3.8) is 0 Å². The van der Waals surface area contributed by atoms with Gasteiger partial charge in [-0.15, -0.1) is 0 Å². The number of hydrogen-bond donors (Lipinski definition) is 1. The number of nitrogens with one attached hydrogen (secondary N) is 1. The average molecular weight is 302 g/mol. The number of halogens is 2. The Bertz CT molecular complexity index is 413. The average Bonchev–Trinajstić information content (AvgIpc) is 2.39. The van der Waals surface area contributed by atoms with Gasteiger partial charge in [-0.05, 0) is 36.0 Å². The lowest BCUT2D eigenvalue weighted by atomic mass is 9.79. The van der Waals surface area contributed by atoms with E-state index in [0.29, 0.717) is 18.1 Å². The summed E-state index contributed by atoms with van der Waals surface area (Å²) in [5.74, 6) is -0.211. The van der Waals surface area contributed by atoms with E-state index in [-0.39, 0.29) is 11.2 Å². The molecular formula is C16H25ClFNO. The molecule has 1 aromatic rings. The van der Waals surface area contributed by atoms with Gasteiger partial charge in [-0.2, -0.15) is 0 Å². The highest BCUT2D eigenvalue weighted by Gasteiger charge is 2.24. The molecule has 0 saturated carbocycles. The van der Waals surface area contributed by atoms with E-state index in [0.717, 1.165) is 31.5 Å². The highest BCUT2D eigenvalue weighted by molar-refractivity contribution is 6.30. The largest absolute Gasteiger partial charge is 0.383 e. The van der Waals surface area contributed by atoms with Crippen molar-refractivity contribution in [2.45, 2.75) is 33.1 Å². The Balaban J connectivity index is 2.69. The maximum absolute atomic E-state index is 13.9. The second kappa shape index (κ2) is 8.60. The van der Waals surface area contributed by atoms with Crippen molar-refractivity contribution in [3.8, 4) is 0 Å². The van der Waals surface area contributed by atoms with Gasteiger partial charge in [0.15, 0.2) is 0 Å². The number of rotatable bonds is 9. The number of ether oxygens (including phenoxy) is 1. The summed E-state index contributed by atoms with van der Waals surface area (Å²) >= 11 is 5.80. The second-order valence-electron chi connectivity index (χ2n) is 5.64. The van der Waals surface area contributed by atoms with Gasteiger partial charge in [-0.25, -0.2) is 4.39 Å². The minimum Gasteiger partial charge on any atom is -0.383 e. The molecule has 0 bridgehead atoms. The normalized spacial score (nSPS) is 14.2. The van der Waals surface area contributed by atoms with Crippen molar-refractivity contribution in [1.29, 1.82) is 0 Å². The van der Waals surface area contributed by atoms with Crippen LogP contribution in [0.25, 0.3) is 0 Å². The first-order chi connectivity index (χ1) is 9.50. The van der Waals surface area contributed by atoms with Crippen molar-refractivity contribution in [2.75, 3.05) is 26.8 Å². The number of benzene rings is 1. The summed E-state index contributed by atoms with van der Waals surface area (Å²) in [5.41, 5.74) is 0.774. The Morgan fingerprint density at radius 3 is 2.75 bits per heavy atom. The summed E-state index contributed by atoms with van der Waals surface area (Å²) in [6.07, 6.45) is 2.84. The fraction of sp³-hybridized carbons (Fsp3) is 0.625. The van der Waals surface area contributed by atoms with Crippen LogP contribution in [-0.4, -0.2) is 26.8 Å². The third-order valence-corrected chi connectivity index (χ3v) is 3.76. The molecule has 0 fully saturated rings. The molecule has 2 nitrogen and oxygen atoms in total. The summed E-state index contributed by atoms with van der Waals surface area (Å²) in [6.45, 7) is 6.72. The van der Waals surface area contributed by atoms with Crippen LogP contribution in [0.2, 0.25) is 5.02 Å². The molecular weight excluding hydrogens is 277 g/mol. The van der Waals surface area contributed by atoms with Crippen molar-refractivity contribution < 1.29 is 9.13 Å². The van der Waals surface area contributed by atoms with Gasteiger partial charge in [-0.1, -0.05) is 37.9 Å². The molecule has 1 rings (SSSR count). The predicted octanol–water partition coefficient (Wildman–Crippen LogP) is 4.06. The predicted molar refractivity (Wildman–Crippen MR) is 82.9 cm³/mol. The summed E-state index contributed by atoms with van der Waals surface area (Å²) < 4.78 is 19.0. The van der Waals surface area contributed by atoms with Crippen LogP contribution >= 0.6 is 11.6 Å². The minimum atomic E-state index is -0.211. The van der Waals surface area contributed by atoms with E-state index in [2.05, 4.69) is 19.2 Å². The maximum Gasteiger partial charge on any atom is 0.127 e. The lowest BCUT2D eigenvalue weighted by Gasteiger charge is -2.30. The van der Waals surface area contributed by atoms with Gasteiger partial charge in [-0.3, -0.25) is 0 Å². The van der Waals surface area contributed by atoms with Crippen LogP contribution in [0.5, 0.6) is 0 Å². The summed E-state index contributed by atoms with van der Waals surface area (Å²) in [6, 6.07) is 4.94. The molecule has 0 aromatic heterocycles. The van der Waals surface area contributed by atoms with Crippen LogP contribution in [0.15, 0.2) is 18.2 Å². The van der Waals surface area contributed by atoms with Crippen LogP contribution in [-0.2, 0) is 11.2 Å². The first-order valence-corrected chi connectivity index (χ1v) is 7.52. The highest BCUT2D eigenvalue weighted by Crippen LogP contribution is 2.29. The molecule has 4 heteroatoms. The van der Waals surface area contributed by atoms with Crippen molar-refractivity contribution in [1.82, 2.24) is 5.32 Å². The van der Waals surface area contributed by atoms with Crippen LogP contribution in [0.4, 0.5) is 4.39 Å². The second-order valence-corrected chi connectivity index (χ2v) is 6.08. The summed E-state index contributed by atoms with van der Waals surface area (Å²) in [4.78, 5) is 0. The van der Waals surface area contributed by atoms with E-state index in [1.54, 1.807) is 19.2 Å². The van der Waals surface area contributed by atoms with Crippen LogP contribution < -0.4 is 5.32 Å². The van der Waals surface area contributed by atoms with Crippen LogP contribution in [0.1, 0.15) is 32.3 Å². The molecule has 1 unspecified atom stereocenters. The Kier molecular flexibility index (Phi) is 7.49. The van der Waals surface area contributed by atoms with E-state index in [9.17, 15) is 4.39 Å². The van der Waals surface area contributed by atoms with Crippen LogP contribution in [0, 0.1) is 11.2 Å². The SMILES string of the molecule is CCCC(C)(CNCCOC)Cc1ccc(Cl)cc1F. The third kappa shape index (κ3) is 5.78. The molecule has 1 N–H and O–H groups in total. The van der Waals surface area contributed by atoms with Crippen molar-refractivity contribution in [2.24, 2.45) is 5.41 Å². The molecule has 0 amide bonds. The maximum atomic E-state index is 13.9. The Labute approximate surface area is 126 Å². The van der Waals surface area contributed by atoms with Gasteiger partial charge in [0.05, 0.1) is 6.61 Å². The Hall–Kier alpha value is -0.640. The number of methoxy groups -OCH3 is 1. The molecule has 20 heavy (non-hydrogen) atoms. The standard InChI is InChI=1S/C16H25ClFNO/c1-4-7-16(2,12-19-8-9-20-3)11-13-5-6-14(17)10-15(13)18/h5-6,10,19H,4,7-9,11-12H2,1-3H3. The molecule has 0 saturated heterocycles. The first-order valence-electron chi connectivity index (χ1n) is 7.14. The smallest absolute Gasteiger partial charge is 0.127 e. The molecule has 114 valence electrons. The zero-order valence-electron chi connectivity index (χ0n) is 12.6. The molecule has 1 aromatic carbocycles. The topological polar surface area (TPSA) is 21.3 Å². The fourth-order valence-electron chi connectivity index (χ4n) is 2.53. The summed E-state index contributed by atoms with van der Waals surface area (Å²) in [7, 11) is 1.69. The highest BCUT2D eigenvalue weighted by atomic mass is 35.5. The van der Waals surface area contributed by atoms with Gasteiger partial charge in [0.1, 0.15) is 5.82 Å². The number of hydrogen-bond acceptors (Lipinski definition) is 2. The van der Waals surface area contributed by atoms with E-state index in [4.69, 9.17) is 16.3 Å². The molecule has 0 heterocycles. The monoisotopic (exact) mass is 301 g/mol. The zero-order chi connectivity index (χ0) is 15.0. The fourth-order valence-corrected chi connectivity index (χ4v) is 2.69. The van der Waals surface area contributed by atoms with Gasteiger partial charge < -0.3 is 10.1 Å². The lowest BCUT2D eigenvalue weighted by molar-refractivity contribution is 0.189. The molecule has 0 aliphatic heterocycles. The van der Waals surface area contributed by atoms with Crippen molar-refractivity contribution >= 4 is 11.6 Å². The van der Waals surface area contributed by atoms with E-state index >= 15 is 0 Å². The van der Waals surface area contributed by atoms with Crippen molar-refractivity contribution in [3.05, 3.63) is 34.6 Å². The Morgan fingerprint density at radius 1 is 1.40 bits per heavy atom. The summed E-state index contributed by atoms with van der Waals surface area (Å²) in [5, 5.41) is 3.84. The first kappa shape index (κ1) is 17.4. The molecule has 0 aliphatic carbocycles. The van der Waals surface area contributed by atoms with Gasteiger partial charge in [0.2, 0.25) is 0 Å². The van der Waals surface area contributed by atoms with E-state index < -0.39 is 0 Å². The van der Waals surface area contributed by atoms with E-state index in [1.165, 1.54) is 6.07 Å². The van der Waals surface area contributed by atoms with Gasteiger partial charge in [0.25, 0.3) is 0 Å². The van der Waals surface area contributed by atoms with Gasteiger partial charge in [0, 0.05) is 25.2 Å². The molecule has 1 atom stereocenters. The third-order valence-electron chi connectivity index (χ3n) is 3.52. The Morgan fingerprint density at radius 2 is 2.15 bits per heavy atom.